The molecule has 0 fully saturated rings. The summed E-state index contributed by atoms with van der Waals surface area (Å²) in [6.45, 7) is 0. The van der Waals surface area contributed by atoms with Crippen LogP contribution in [0.4, 0.5) is 5.69 Å². The second-order valence-corrected chi connectivity index (χ2v) is 7.98. The van der Waals surface area contributed by atoms with Crippen LogP contribution in [0.25, 0.3) is 0 Å². The molecule has 0 bridgehead atoms. The molecule has 3 rings (SSSR count). The van der Waals surface area contributed by atoms with E-state index >= 15 is 0 Å². The number of amides is 3. The van der Waals surface area contributed by atoms with Gasteiger partial charge in [-0.05, 0) is 68.9 Å². The van der Waals surface area contributed by atoms with Gasteiger partial charge in [0.25, 0.3) is 17.7 Å². The molecule has 24 heavy (non-hydrogen) atoms. The van der Waals surface area contributed by atoms with E-state index in [9.17, 15) is 14.4 Å². The van der Waals surface area contributed by atoms with E-state index < -0.39 is 0 Å². The lowest BCUT2D eigenvalue weighted by atomic mass is 10.1. The van der Waals surface area contributed by atoms with Crippen LogP contribution in [0.15, 0.2) is 39.3 Å². The molecule has 1 aliphatic heterocycles. The highest BCUT2D eigenvalue weighted by molar-refractivity contribution is 14.1. The van der Waals surface area contributed by atoms with Gasteiger partial charge in [0.15, 0.2) is 0 Å². The van der Waals surface area contributed by atoms with Crippen molar-refractivity contribution in [1.29, 1.82) is 0 Å². The van der Waals surface area contributed by atoms with Crippen molar-refractivity contribution in [1.82, 2.24) is 4.90 Å². The Hall–Kier alpha value is -1.26. The highest BCUT2D eigenvalue weighted by Crippen LogP contribution is 2.29. The molecule has 3 amide bonds. The molecule has 0 radical (unpaired) electrons. The number of halogens is 3. The van der Waals surface area contributed by atoms with E-state index in [1.807, 2.05) is 6.07 Å². The van der Waals surface area contributed by atoms with E-state index in [-0.39, 0.29) is 17.7 Å². The standard InChI is InChI=1S/C16H9Br2IN2O3/c1-21-15(23)9-3-2-8(6-10(9)16(21)24)20-14(22)11-4-7(17)5-12(18)13(11)19/h2-6H,1H3,(H,20,22). The van der Waals surface area contributed by atoms with Crippen molar-refractivity contribution in [3.05, 3.63) is 59.5 Å². The largest absolute Gasteiger partial charge is 0.322 e. The fourth-order valence-corrected chi connectivity index (χ4v) is 4.14. The second kappa shape index (κ2) is 6.57. The summed E-state index contributed by atoms with van der Waals surface area (Å²) in [7, 11) is 1.43. The maximum absolute atomic E-state index is 12.5. The number of hydrogen-bond donors (Lipinski definition) is 1. The van der Waals surface area contributed by atoms with Crippen LogP contribution >= 0.6 is 54.5 Å². The molecule has 0 atom stereocenters. The summed E-state index contributed by atoms with van der Waals surface area (Å²) in [6, 6.07) is 8.26. The van der Waals surface area contributed by atoms with Crippen LogP contribution in [0.5, 0.6) is 0 Å². The summed E-state index contributed by atoms with van der Waals surface area (Å²) in [6.07, 6.45) is 0. The number of imide groups is 1. The topological polar surface area (TPSA) is 66.5 Å². The van der Waals surface area contributed by atoms with Gasteiger partial charge < -0.3 is 5.32 Å². The van der Waals surface area contributed by atoms with E-state index in [1.165, 1.54) is 13.1 Å². The van der Waals surface area contributed by atoms with Gasteiger partial charge in [0.1, 0.15) is 0 Å². The zero-order chi connectivity index (χ0) is 17.6. The molecule has 0 aromatic heterocycles. The van der Waals surface area contributed by atoms with Crippen LogP contribution in [0.1, 0.15) is 31.1 Å². The Morgan fingerprint density at radius 1 is 1.08 bits per heavy atom. The van der Waals surface area contributed by atoms with Crippen molar-refractivity contribution in [2.24, 2.45) is 0 Å². The monoisotopic (exact) mass is 562 g/mol. The first-order valence-corrected chi connectivity index (χ1v) is 9.38. The number of rotatable bonds is 2. The number of nitrogens with one attached hydrogen (secondary N) is 1. The summed E-state index contributed by atoms with van der Waals surface area (Å²) in [5, 5.41) is 2.77. The minimum Gasteiger partial charge on any atom is -0.322 e. The molecule has 8 heteroatoms. The maximum atomic E-state index is 12.5. The van der Waals surface area contributed by atoms with Gasteiger partial charge >= 0.3 is 0 Å². The van der Waals surface area contributed by atoms with Crippen LogP contribution in [-0.4, -0.2) is 29.7 Å². The predicted molar refractivity (Wildman–Crippen MR) is 105 cm³/mol. The molecule has 0 aliphatic carbocycles. The summed E-state index contributed by atoms with van der Waals surface area (Å²) < 4.78 is 2.36. The molecule has 1 heterocycles. The van der Waals surface area contributed by atoms with Crippen molar-refractivity contribution in [2.75, 3.05) is 12.4 Å². The molecular weight excluding hydrogens is 555 g/mol. The molecule has 122 valence electrons. The van der Waals surface area contributed by atoms with Crippen LogP contribution < -0.4 is 5.32 Å². The van der Waals surface area contributed by atoms with Gasteiger partial charge in [-0.15, -0.1) is 0 Å². The SMILES string of the molecule is CN1C(=O)c2ccc(NC(=O)c3cc(Br)cc(Br)c3I)cc2C1=O. The highest BCUT2D eigenvalue weighted by Gasteiger charge is 2.32. The van der Waals surface area contributed by atoms with Crippen LogP contribution in [-0.2, 0) is 0 Å². The van der Waals surface area contributed by atoms with E-state index in [0.29, 0.717) is 22.4 Å². The van der Waals surface area contributed by atoms with Gasteiger partial charge in [-0.2, -0.15) is 0 Å². The van der Waals surface area contributed by atoms with Crippen molar-refractivity contribution in [3.63, 3.8) is 0 Å². The zero-order valence-electron chi connectivity index (χ0n) is 12.2. The van der Waals surface area contributed by atoms with E-state index in [4.69, 9.17) is 0 Å². The molecule has 0 saturated carbocycles. The number of benzene rings is 2. The number of carbonyl (C=O) groups is 3. The lowest BCUT2D eigenvalue weighted by Crippen LogP contribution is -2.24. The van der Waals surface area contributed by atoms with Gasteiger partial charge in [0.2, 0.25) is 0 Å². The van der Waals surface area contributed by atoms with E-state index in [2.05, 4.69) is 59.8 Å². The van der Waals surface area contributed by atoms with E-state index in [0.717, 1.165) is 17.4 Å². The fourth-order valence-electron chi connectivity index (χ4n) is 2.36. The quantitative estimate of drug-likeness (QED) is 0.337. The van der Waals surface area contributed by atoms with Crippen molar-refractivity contribution in [3.8, 4) is 0 Å². The Morgan fingerprint density at radius 3 is 2.46 bits per heavy atom. The summed E-state index contributed by atoms with van der Waals surface area (Å²) in [4.78, 5) is 37.5. The molecule has 5 nitrogen and oxygen atoms in total. The lowest BCUT2D eigenvalue weighted by Gasteiger charge is -2.09. The molecule has 0 unspecified atom stereocenters. The lowest BCUT2D eigenvalue weighted by molar-refractivity contribution is 0.0692. The third kappa shape index (κ3) is 3.02. The Labute approximate surface area is 168 Å². The molecule has 1 N–H and O–H groups in total. The van der Waals surface area contributed by atoms with Crippen LogP contribution in [0.3, 0.4) is 0 Å². The number of hydrogen-bond acceptors (Lipinski definition) is 3. The second-order valence-electron chi connectivity index (χ2n) is 5.13. The average molecular weight is 564 g/mol. The molecule has 2 aromatic carbocycles. The minimum absolute atomic E-state index is 0.297. The third-order valence-corrected chi connectivity index (χ3v) is 6.57. The molecular formula is C16H9Br2IN2O3. The Morgan fingerprint density at radius 2 is 1.75 bits per heavy atom. The summed E-state index contributed by atoms with van der Waals surface area (Å²) in [5.74, 6) is -1.00. The van der Waals surface area contributed by atoms with Crippen molar-refractivity contribution in [2.45, 2.75) is 0 Å². The maximum Gasteiger partial charge on any atom is 0.261 e. The van der Waals surface area contributed by atoms with Crippen LogP contribution in [0.2, 0.25) is 0 Å². The minimum atomic E-state index is -0.370. The van der Waals surface area contributed by atoms with E-state index in [1.54, 1.807) is 18.2 Å². The van der Waals surface area contributed by atoms with Gasteiger partial charge in [-0.3, -0.25) is 19.3 Å². The van der Waals surface area contributed by atoms with Crippen LogP contribution in [0, 0.1) is 3.57 Å². The molecule has 0 spiro atoms. The normalized spacial score (nSPS) is 13.2. The Bertz CT molecular complexity index is 914. The van der Waals surface area contributed by atoms with Crippen molar-refractivity contribution < 1.29 is 14.4 Å². The summed E-state index contributed by atoms with van der Waals surface area (Å²) in [5.41, 5.74) is 1.60. The highest BCUT2D eigenvalue weighted by atomic mass is 127. The summed E-state index contributed by atoms with van der Waals surface area (Å²) >= 11 is 8.85. The first-order chi connectivity index (χ1) is 11.3. The number of anilines is 1. The molecule has 2 aromatic rings. The average Bonchev–Trinajstić information content (AvgIpc) is 2.75. The number of fused-ring (bicyclic) bond motifs is 1. The number of carbonyl (C=O) groups excluding carboxylic acids is 3. The Balaban J connectivity index is 1.92. The van der Waals surface area contributed by atoms with Gasteiger partial charge in [-0.25, -0.2) is 0 Å². The predicted octanol–water partition coefficient (Wildman–Crippen LogP) is 4.29. The molecule has 1 aliphatic rings. The van der Waals surface area contributed by atoms with Gasteiger partial charge in [-0.1, -0.05) is 15.9 Å². The van der Waals surface area contributed by atoms with Gasteiger partial charge in [0.05, 0.1) is 16.7 Å². The zero-order valence-corrected chi connectivity index (χ0v) is 17.5. The van der Waals surface area contributed by atoms with Gasteiger partial charge in [0, 0.05) is 25.3 Å². The molecule has 0 saturated heterocycles. The number of nitrogens with zero attached hydrogens (tertiary/aromatic N) is 1. The third-order valence-electron chi connectivity index (χ3n) is 3.59. The smallest absolute Gasteiger partial charge is 0.261 e. The first kappa shape index (κ1) is 17.6. The fraction of sp³-hybridized carbons (Fsp3) is 0.0625. The first-order valence-electron chi connectivity index (χ1n) is 6.72. The van der Waals surface area contributed by atoms with Crippen molar-refractivity contribution >= 4 is 77.9 Å². The Kier molecular flexibility index (Phi) is 4.80.